The number of benzene rings is 2. The summed E-state index contributed by atoms with van der Waals surface area (Å²) in [6, 6.07) is 9.85. The van der Waals surface area contributed by atoms with Crippen molar-refractivity contribution in [2.75, 3.05) is 9.80 Å². The first-order valence-corrected chi connectivity index (χ1v) is 13.1. The van der Waals surface area contributed by atoms with Crippen LogP contribution >= 0.6 is 11.6 Å². The van der Waals surface area contributed by atoms with Crippen LogP contribution in [0, 0.1) is 17.1 Å². The third-order valence-electron chi connectivity index (χ3n) is 7.01. The monoisotopic (exact) mass is 598 g/mol. The van der Waals surface area contributed by atoms with Gasteiger partial charge >= 0.3 is 0 Å². The zero-order chi connectivity index (χ0) is 30.2. The van der Waals surface area contributed by atoms with Crippen molar-refractivity contribution in [3.05, 3.63) is 82.9 Å². The number of aromatic nitrogens is 2. The fourth-order valence-electron chi connectivity index (χ4n) is 5.04. The lowest BCUT2D eigenvalue weighted by Crippen LogP contribution is -2.56. The second-order valence-corrected chi connectivity index (χ2v) is 10.3. The van der Waals surface area contributed by atoms with Crippen molar-refractivity contribution in [2.24, 2.45) is 0 Å². The summed E-state index contributed by atoms with van der Waals surface area (Å²) in [7, 11) is 0. The van der Waals surface area contributed by atoms with Crippen LogP contribution in [0.2, 0.25) is 5.02 Å². The Labute approximate surface area is 242 Å². The molecule has 3 amide bonds. The molecule has 42 heavy (non-hydrogen) atoms. The molecule has 1 aliphatic carbocycles. The third-order valence-corrected chi connectivity index (χ3v) is 7.35. The van der Waals surface area contributed by atoms with Gasteiger partial charge in [-0.25, -0.2) is 23.1 Å². The van der Waals surface area contributed by atoms with Gasteiger partial charge in [-0.2, -0.15) is 5.26 Å². The summed E-state index contributed by atoms with van der Waals surface area (Å²) in [5, 5.41) is 22.3. The van der Waals surface area contributed by atoms with Gasteiger partial charge in [0.25, 0.3) is 17.7 Å². The van der Waals surface area contributed by atoms with E-state index in [1.165, 1.54) is 36.5 Å². The Kier molecular flexibility index (Phi) is 7.85. The first-order chi connectivity index (χ1) is 20.0. The van der Waals surface area contributed by atoms with E-state index in [0.717, 1.165) is 21.9 Å². The predicted octanol–water partition coefficient (Wildman–Crippen LogP) is 3.30. The van der Waals surface area contributed by atoms with Crippen LogP contribution in [-0.4, -0.2) is 56.9 Å². The number of anilines is 2. The molecule has 1 saturated heterocycles. The van der Waals surface area contributed by atoms with E-state index in [9.17, 15) is 37.9 Å². The van der Waals surface area contributed by atoms with E-state index in [1.807, 2.05) is 0 Å². The highest BCUT2D eigenvalue weighted by molar-refractivity contribution is 6.31. The molecule has 14 heteroatoms. The quantitative estimate of drug-likeness (QED) is 0.425. The molecule has 1 saturated carbocycles. The van der Waals surface area contributed by atoms with E-state index < -0.39 is 73.0 Å². The van der Waals surface area contributed by atoms with E-state index in [4.69, 9.17) is 11.6 Å². The Morgan fingerprint density at radius 1 is 1.19 bits per heavy atom. The Morgan fingerprint density at radius 2 is 1.93 bits per heavy atom. The van der Waals surface area contributed by atoms with Crippen LogP contribution in [0.1, 0.15) is 36.6 Å². The van der Waals surface area contributed by atoms with Crippen LogP contribution in [0.25, 0.3) is 0 Å². The summed E-state index contributed by atoms with van der Waals surface area (Å²) in [4.78, 5) is 50.9. The molecule has 1 aromatic heterocycles. The molecule has 2 aliphatic rings. The van der Waals surface area contributed by atoms with Crippen molar-refractivity contribution >= 4 is 41.0 Å². The lowest BCUT2D eigenvalue weighted by Gasteiger charge is -2.39. The smallest absolute Gasteiger partial charge is 0.259 e. The number of aliphatic hydroxyl groups excluding tert-OH is 1. The molecule has 0 spiro atoms. The highest BCUT2D eigenvalue weighted by Gasteiger charge is 2.50. The predicted molar refractivity (Wildman–Crippen MR) is 143 cm³/mol. The number of hydrogen-bond acceptors (Lipinski definition) is 7. The molecule has 3 aromatic rings. The minimum Gasteiger partial charge on any atom is -0.383 e. The Bertz CT molecular complexity index is 1590. The van der Waals surface area contributed by atoms with Crippen molar-refractivity contribution in [2.45, 2.75) is 49.4 Å². The summed E-state index contributed by atoms with van der Waals surface area (Å²) in [6.45, 7) is 0. The molecule has 3 atom stereocenters. The standard InChI is InChI=1S/C28H22ClF3N6O4/c29-20-7-2-1-6-19(20)23(24(40)35-17-12-28(31,32)13-17)37(18-5-3-4-15(30)10-18)25(41)21-11-22(39)26(42)38(21)27-34-9-8-16(14-33)36-27/h1-10,17,21-23,39H,11-13H2,(H,35,40)/t21-,22+,23-/m0/s1. The van der Waals surface area contributed by atoms with Gasteiger partial charge in [0, 0.05) is 47.8 Å². The van der Waals surface area contributed by atoms with Crippen LogP contribution in [0.4, 0.5) is 24.8 Å². The van der Waals surface area contributed by atoms with Gasteiger partial charge in [-0.3, -0.25) is 24.2 Å². The van der Waals surface area contributed by atoms with E-state index in [2.05, 4.69) is 15.3 Å². The van der Waals surface area contributed by atoms with Crippen molar-refractivity contribution in [3.63, 3.8) is 0 Å². The summed E-state index contributed by atoms with van der Waals surface area (Å²) >= 11 is 6.46. The number of halogens is 4. The zero-order valence-corrected chi connectivity index (χ0v) is 22.4. The number of nitrogens with one attached hydrogen (secondary N) is 1. The van der Waals surface area contributed by atoms with Crippen LogP contribution in [0.5, 0.6) is 0 Å². The van der Waals surface area contributed by atoms with Crippen molar-refractivity contribution in [1.29, 1.82) is 5.26 Å². The molecular weight excluding hydrogens is 577 g/mol. The molecule has 2 heterocycles. The number of rotatable bonds is 7. The molecule has 2 fully saturated rings. The first-order valence-electron chi connectivity index (χ1n) is 12.7. The minimum absolute atomic E-state index is 0.0511. The molecule has 0 radical (unpaired) electrons. The second-order valence-electron chi connectivity index (χ2n) is 9.91. The molecule has 216 valence electrons. The molecule has 2 N–H and O–H groups in total. The van der Waals surface area contributed by atoms with Crippen molar-refractivity contribution < 1.29 is 32.7 Å². The molecule has 5 rings (SSSR count). The van der Waals surface area contributed by atoms with Gasteiger partial charge in [0.2, 0.25) is 11.9 Å². The maximum atomic E-state index is 14.5. The van der Waals surface area contributed by atoms with Crippen LogP contribution < -0.4 is 15.1 Å². The average Bonchev–Trinajstić information content (AvgIpc) is 3.24. The first kappa shape index (κ1) is 29.0. The van der Waals surface area contributed by atoms with Crippen molar-refractivity contribution in [3.8, 4) is 6.07 Å². The van der Waals surface area contributed by atoms with Gasteiger partial charge < -0.3 is 10.4 Å². The fraction of sp³-hybridized carbons (Fsp3) is 0.286. The third kappa shape index (κ3) is 5.63. The normalized spacial score (nSPS) is 20.4. The number of nitrogens with zero attached hydrogens (tertiary/aromatic N) is 5. The molecule has 0 unspecified atom stereocenters. The number of carbonyl (C=O) groups is 3. The SMILES string of the molecule is N#Cc1ccnc(N2C(=O)[C@H](O)C[C@H]2C(=O)N(c2cccc(F)c2)[C@H](C(=O)NC2CC(F)(F)C2)c2ccccc2Cl)n1. The summed E-state index contributed by atoms with van der Waals surface area (Å²) < 4.78 is 41.7. The number of hydrogen-bond donors (Lipinski definition) is 2. The molecule has 1 aliphatic heterocycles. The van der Waals surface area contributed by atoms with Gasteiger partial charge in [0.05, 0.1) is 0 Å². The average molecular weight is 599 g/mol. The van der Waals surface area contributed by atoms with Gasteiger partial charge in [0.1, 0.15) is 35.8 Å². The largest absolute Gasteiger partial charge is 0.383 e. The number of aliphatic hydroxyl groups is 1. The van der Waals surface area contributed by atoms with E-state index in [0.29, 0.717) is 0 Å². The zero-order valence-electron chi connectivity index (χ0n) is 21.6. The molecular formula is C28H22ClF3N6O4. The maximum absolute atomic E-state index is 14.5. The second kappa shape index (κ2) is 11.4. The molecule has 2 aromatic carbocycles. The summed E-state index contributed by atoms with van der Waals surface area (Å²) in [6.07, 6.45) is -2.13. The molecule has 10 nitrogen and oxygen atoms in total. The van der Waals surface area contributed by atoms with E-state index in [-0.39, 0.29) is 27.9 Å². The van der Waals surface area contributed by atoms with Gasteiger partial charge in [0.15, 0.2) is 0 Å². The lowest BCUT2D eigenvalue weighted by molar-refractivity contribution is -0.133. The number of nitriles is 1. The minimum atomic E-state index is -2.95. The highest BCUT2D eigenvalue weighted by atomic mass is 35.5. The summed E-state index contributed by atoms with van der Waals surface area (Å²) in [5.41, 5.74) is -0.132. The van der Waals surface area contributed by atoms with Crippen molar-refractivity contribution in [1.82, 2.24) is 15.3 Å². The number of amides is 3. The van der Waals surface area contributed by atoms with Gasteiger partial charge in [-0.05, 0) is 30.3 Å². The van der Waals surface area contributed by atoms with Gasteiger partial charge in [-0.1, -0.05) is 35.9 Å². The Morgan fingerprint density at radius 3 is 2.60 bits per heavy atom. The lowest BCUT2D eigenvalue weighted by atomic mass is 9.87. The van der Waals surface area contributed by atoms with Crippen LogP contribution in [-0.2, 0) is 14.4 Å². The number of carbonyl (C=O) groups excluding carboxylic acids is 3. The summed E-state index contributed by atoms with van der Waals surface area (Å²) in [5.74, 6) is -6.81. The number of alkyl halides is 2. The van der Waals surface area contributed by atoms with Crippen LogP contribution in [0.3, 0.4) is 0 Å². The maximum Gasteiger partial charge on any atom is 0.259 e. The van der Waals surface area contributed by atoms with Crippen LogP contribution in [0.15, 0.2) is 60.8 Å². The van der Waals surface area contributed by atoms with E-state index >= 15 is 0 Å². The molecule has 0 bridgehead atoms. The highest BCUT2D eigenvalue weighted by Crippen LogP contribution is 2.39. The van der Waals surface area contributed by atoms with Gasteiger partial charge in [-0.15, -0.1) is 0 Å². The fourth-order valence-corrected chi connectivity index (χ4v) is 5.27. The van der Waals surface area contributed by atoms with E-state index in [1.54, 1.807) is 18.2 Å². The topological polar surface area (TPSA) is 140 Å². The Balaban J connectivity index is 1.63. The Hall–Kier alpha value is -4.54.